The van der Waals surface area contributed by atoms with Crippen molar-refractivity contribution < 1.29 is 19.0 Å². The molecule has 0 saturated carbocycles. The maximum atomic E-state index is 9.88. The van der Waals surface area contributed by atoms with E-state index in [1.807, 2.05) is 36.4 Å². The average Bonchev–Trinajstić information content (AvgIpc) is 3.03. The van der Waals surface area contributed by atoms with Crippen LogP contribution in [-0.2, 0) is 6.42 Å². The summed E-state index contributed by atoms with van der Waals surface area (Å²) < 4.78 is 16.0. The summed E-state index contributed by atoms with van der Waals surface area (Å²) >= 11 is 0. The summed E-state index contributed by atoms with van der Waals surface area (Å²) in [6.07, 6.45) is 1.88. The van der Waals surface area contributed by atoms with Gasteiger partial charge in [-0.1, -0.05) is 12.1 Å². The Kier molecular flexibility index (Phi) is 6.12. The molecule has 0 amide bonds. The lowest BCUT2D eigenvalue weighted by atomic mass is 10.3. The van der Waals surface area contributed by atoms with E-state index in [1.54, 1.807) is 13.4 Å². The molecule has 1 heterocycles. The van der Waals surface area contributed by atoms with E-state index in [4.69, 9.17) is 13.9 Å². The topological polar surface area (TPSA) is 63.9 Å². The summed E-state index contributed by atoms with van der Waals surface area (Å²) in [5.74, 6) is 2.23. The van der Waals surface area contributed by atoms with Gasteiger partial charge < -0.3 is 24.3 Å². The minimum atomic E-state index is -0.577. The fourth-order valence-electron chi connectivity index (χ4n) is 1.92. The normalized spacial score (nSPS) is 12.1. The molecule has 0 fully saturated rings. The Bertz CT molecular complexity index is 513. The van der Waals surface area contributed by atoms with Crippen molar-refractivity contribution in [2.45, 2.75) is 12.5 Å². The first-order valence-electron chi connectivity index (χ1n) is 6.96. The van der Waals surface area contributed by atoms with Crippen molar-refractivity contribution in [1.29, 1.82) is 0 Å². The second kappa shape index (κ2) is 8.34. The molecule has 1 aromatic heterocycles. The summed E-state index contributed by atoms with van der Waals surface area (Å²) in [7, 11) is 1.59. The number of furan rings is 1. The third kappa shape index (κ3) is 5.13. The van der Waals surface area contributed by atoms with Crippen LogP contribution in [-0.4, -0.2) is 38.0 Å². The molecular weight excluding hydrogens is 270 g/mol. The molecule has 2 aromatic rings. The van der Waals surface area contributed by atoms with Crippen molar-refractivity contribution >= 4 is 0 Å². The van der Waals surface area contributed by atoms with Crippen LogP contribution in [0.5, 0.6) is 11.5 Å². The highest BCUT2D eigenvalue weighted by Gasteiger charge is 2.08. The zero-order valence-electron chi connectivity index (χ0n) is 12.1. The minimum absolute atomic E-state index is 0.216. The Hall–Kier alpha value is -1.98. The standard InChI is InChI=1S/C16H21NO4/c1-19-15-6-2-3-7-16(15)21-12-13(18)11-17-9-8-14-5-4-10-20-14/h2-7,10,13,17-18H,8-9,11-12H2,1H3. The van der Waals surface area contributed by atoms with Crippen molar-refractivity contribution in [2.24, 2.45) is 0 Å². The van der Waals surface area contributed by atoms with Crippen LogP contribution < -0.4 is 14.8 Å². The monoisotopic (exact) mass is 291 g/mol. The number of rotatable bonds is 9. The second-order valence-electron chi connectivity index (χ2n) is 4.65. The molecule has 0 aliphatic rings. The average molecular weight is 291 g/mol. The van der Waals surface area contributed by atoms with Crippen molar-refractivity contribution in [3.05, 3.63) is 48.4 Å². The second-order valence-corrected chi connectivity index (χ2v) is 4.65. The lowest BCUT2D eigenvalue weighted by Crippen LogP contribution is -2.32. The van der Waals surface area contributed by atoms with E-state index in [2.05, 4.69) is 5.32 Å². The van der Waals surface area contributed by atoms with Gasteiger partial charge in [0, 0.05) is 19.5 Å². The van der Waals surface area contributed by atoms with E-state index >= 15 is 0 Å². The largest absolute Gasteiger partial charge is 0.493 e. The molecule has 0 saturated heterocycles. The van der Waals surface area contributed by atoms with E-state index in [0.29, 0.717) is 18.0 Å². The van der Waals surface area contributed by atoms with Crippen molar-refractivity contribution in [1.82, 2.24) is 5.32 Å². The van der Waals surface area contributed by atoms with E-state index in [0.717, 1.165) is 18.7 Å². The van der Waals surface area contributed by atoms with Gasteiger partial charge in [0.15, 0.2) is 11.5 Å². The van der Waals surface area contributed by atoms with Gasteiger partial charge in [0.2, 0.25) is 0 Å². The molecular formula is C16H21NO4. The van der Waals surface area contributed by atoms with Gasteiger partial charge in [0.1, 0.15) is 18.5 Å². The fraction of sp³-hybridized carbons (Fsp3) is 0.375. The molecule has 1 aromatic carbocycles. The molecule has 5 heteroatoms. The molecule has 0 aliphatic heterocycles. The number of aliphatic hydroxyl groups is 1. The number of methoxy groups -OCH3 is 1. The number of nitrogens with one attached hydrogen (secondary N) is 1. The Morgan fingerprint density at radius 1 is 1.19 bits per heavy atom. The smallest absolute Gasteiger partial charge is 0.161 e. The van der Waals surface area contributed by atoms with E-state index in [-0.39, 0.29) is 6.61 Å². The van der Waals surface area contributed by atoms with Crippen LogP contribution in [0.4, 0.5) is 0 Å². The van der Waals surface area contributed by atoms with Crippen LogP contribution in [0.1, 0.15) is 5.76 Å². The summed E-state index contributed by atoms with van der Waals surface area (Å²) in [6, 6.07) is 11.2. The van der Waals surface area contributed by atoms with Gasteiger partial charge in [-0.15, -0.1) is 0 Å². The summed E-state index contributed by atoms with van der Waals surface area (Å²) in [5, 5.41) is 13.0. The van der Waals surface area contributed by atoms with Gasteiger partial charge in [0.05, 0.1) is 13.4 Å². The van der Waals surface area contributed by atoms with Crippen LogP contribution in [0.2, 0.25) is 0 Å². The van der Waals surface area contributed by atoms with Crippen LogP contribution in [0.25, 0.3) is 0 Å². The molecule has 0 aliphatic carbocycles. The molecule has 5 nitrogen and oxygen atoms in total. The van der Waals surface area contributed by atoms with Crippen molar-refractivity contribution in [3.63, 3.8) is 0 Å². The number of aliphatic hydroxyl groups excluding tert-OH is 1. The Morgan fingerprint density at radius 2 is 2.00 bits per heavy atom. The Labute approximate surface area is 124 Å². The number of para-hydroxylation sites is 2. The van der Waals surface area contributed by atoms with Crippen LogP contribution in [0, 0.1) is 0 Å². The van der Waals surface area contributed by atoms with Gasteiger partial charge in [-0.3, -0.25) is 0 Å². The van der Waals surface area contributed by atoms with E-state index < -0.39 is 6.10 Å². The Morgan fingerprint density at radius 3 is 2.71 bits per heavy atom. The van der Waals surface area contributed by atoms with Crippen molar-refractivity contribution in [2.75, 3.05) is 26.8 Å². The molecule has 0 spiro atoms. The zero-order chi connectivity index (χ0) is 14.9. The molecule has 2 rings (SSSR count). The molecule has 1 unspecified atom stereocenters. The van der Waals surface area contributed by atoms with Crippen LogP contribution in [0.15, 0.2) is 47.1 Å². The van der Waals surface area contributed by atoms with E-state index in [9.17, 15) is 5.11 Å². The maximum absolute atomic E-state index is 9.88. The predicted molar refractivity (Wildman–Crippen MR) is 79.8 cm³/mol. The van der Waals surface area contributed by atoms with Crippen molar-refractivity contribution in [3.8, 4) is 11.5 Å². The lowest BCUT2D eigenvalue weighted by molar-refractivity contribution is 0.105. The van der Waals surface area contributed by atoms with Gasteiger partial charge in [-0.25, -0.2) is 0 Å². The van der Waals surface area contributed by atoms with E-state index in [1.165, 1.54) is 0 Å². The number of hydrogen-bond donors (Lipinski definition) is 2. The van der Waals surface area contributed by atoms with Gasteiger partial charge >= 0.3 is 0 Å². The van der Waals surface area contributed by atoms with Gasteiger partial charge in [-0.05, 0) is 24.3 Å². The highest BCUT2D eigenvalue weighted by molar-refractivity contribution is 5.39. The first-order chi connectivity index (χ1) is 10.3. The fourth-order valence-corrected chi connectivity index (χ4v) is 1.92. The maximum Gasteiger partial charge on any atom is 0.161 e. The highest BCUT2D eigenvalue weighted by atomic mass is 16.5. The third-order valence-electron chi connectivity index (χ3n) is 3.01. The number of ether oxygens (including phenoxy) is 2. The lowest BCUT2D eigenvalue weighted by Gasteiger charge is -2.14. The molecule has 114 valence electrons. The molecule has 1 atom stereocenters. The summed E-state index contributed by atoms with van der Waals surface area (Å²) in [4.78, 5) is 0. The molecule has 21 heavy (non-hydrogen) atoms. The summed E-state index contributed by atoms with van der Waals surface area (Å²) in [5.41, 5.74) is 0. The third-order valence-corrected chi connectivity index (χ3v) is 3.01. The predicted octanol–water partition coefficient (Wildman–Crippen LogP) is 1.86. The SMILES string of the molecule is COc1ccccc1OCC(O)CNCCc1ccco1. The zero-order valence-corrected chi connectivity index (χ0v) is 12.1. The molecule has 0 radical (unpaired) electrons. The van der Waals surface area contributed by atoms with Crippen LogP contribution in [0.3, 0.4) is 0 Å². The Balaban J connectivity index is 1.64. The molecule has 0 bridgehead atoms. The first kappa shape index (κ1) is 15.4. The minimum Gasteiger partial charge on any atom is -0.493 e. The number of hydrogen-bond acceptors (Lipinski definition) is 5. The van der Waals surface area contributed by atoms with Crippen LogP contribution >= 0.6 is 0 Å². The number of benzene rings is 1. The molecule has 2 N–H and O–H groups in total. The first-order valence-corrected chi connectivity index (χ1v) is 6.96. The summed E-state index contributed by atoms with van der Waals surface area (Å²) in [6.45, 7) is 1.43. The highest BCUT2D eigenvalue weighted by Crippen LogP contribution is 2.25. The van der Waals surface area contributed by atoms with Gasteiger partial charge in [0.25, 0.3) is 0 Å². The quantitative estimate of drug-likeness (QED) is 0.690. The van der Waals surface area contributed by atoms with Gasteiger partial charge in [-0.2, -0.15) is 0 Å².